The Kier molecular flexibility index (Phi) is 5.48. The maximum Gasteiger partial charge on any atom is 0.411 e. The molecule has 0 aliphatic heterocycles. The van der Waals surface area contributed by atoms with Gasteiger partial charge in [0.15, 0.2) is 0 Å². The maximum absolute atomic E-state index is 12.2. The first-order valence-corrected chi connectivity index (χ1v) is 7.58. The van der Waals surface area contributed by atoms with Crippen LogP contribution in [0.1, 0.15) is 44.9 Å². The molecule has 2 rings (SSSR count). The Morgan fingerprint density at radius 1 is 1.19 bits per heavy atom. The second-order valence-corrected chi connectivity index (χ2v) is 6.19. The van der Waals surface area contributed by atoms with Gasteiger partial charge in [-0.3, -0.25) is 4.79 Å². The number of hydrogen-bond acceptors (Lipinski definition) is 3. The highest BCUT2D eigenvalue weighted by atomic mass is 19.4. The van der Waals surface area contributed by atoms with Crippen molar-refractivity contribution in [3.05, 3.63) is 0 Å². The summed E-state index contributed by atoms with van der Waals surface area (Å²) in [5, 5.41) is 2.95. The standard InChI is InChI=1S/C14H23F3N2O2/c15-14(16,17)8-21-12-3-1-2-11(7-12)19-13(20)9-4-5-10(18)6-9/h9-12H,1-8,18H2,(H,19,20). The minimum Gasteiger partial charge on any atom is -0.369 e. The number of rotatable bonds is 4. The Morgan fingerprint density at radius 3 is 2.57 bits per heavy atom. The average Bonchev–Trinajstić information content (AvgIpc) is 2.83. The minimum atomic E-state index is -4.30. The molecule has 0 aromatic carbocycles. The molecule has 0 heterocycles. The molecule has 0 bridgehead atoms. The Balaban J connectivity index is 1.74. The van der Waals surface area contributed by atoms with Gasteiger partial charge in [-0.2, -0.15) is 13.2 Å². The van der Waals surface area contributed by atoms with Gasteiger partial charge in [0.2, 0.25) is 5.91 Å². The van der Waals surface area contributed by atoms with Gasteiger partial charge in [-0.1, -0.05) is 0 Å². The number of halogens is 3. The van der Waals surface area contributed by atoms with Gasteiger partial charge < -0.3 is 15.8 Å². The van der Waals surface area contributed by atoms with Crippen molar-refractivity contribution in [2.75, 3.05) is 6.61 Å². The van der Waals surface area contributed by atoms with Crippen molar-refractivity contribution < 1.29 is 22.7 Å². The number of carbonyl (C=O) groups is 1. The van der Waals surface area contributed by atoms with Gasteiger partial charge in [-0.15, -0.1) is 0 Å². The zero-order valence-electron chi connectivity index (χ0n) is 12.0. The SMILES string of the molecule is NC1CCC(C(=O)NC2CCCC(OCC(F)(F)F)C2)C1. The lowest BCUT2D eigenvalue weighted by Crippen LogP contribution is -2.43. The number of hydrogen-bond donors (Lipinski definition) is 2. The topological polar surface area (TPSA) is 64.4 Å². The summed E-state index contributed by atoms with van der Waals surface area (Å²) in [6.45, 7) is -1.21. The molecule has 122 valence electrons. The summed E-state index contributed by atoms with van der Waals surface area (Å²) < 4.78 is 41.4. The monoisotopic (exact) mass is 308 g/mol. The predicted octanol–water partition coefficient (Wildman–Crippen LogP) is 2.12. The smallest absolute Gasteiger partial charge is 0.369 e. The number of ether oxygens (including phenoxy) is 1. The Morgan fingerprint density at radius 2 is 1.95 bits per heavy atom. The Hall–Kier alpha value is -0.820. The highest BCUT2D eigenvalue weighted by Crippen LogP contribution is 2.27. The number of carbonyl (C=O) groups excluding carboxylic acids is 1. The molecular weight excluding hydrogens is 285 g/mol. The largest absolute Gasteiger partial charge is 0.411 e. The van der Waals surface area contributed by atoms with Crippen LogP contribution in [0.3, 0.4) is 0 Å². The van der Waals surface area contributed by atoms with E-state index in [1.165, 1.54) is 0 Å². The van der Waals surface area contributed by atoms with Crippen molar-refractivity contribution in [3.8, 4) is 0 Å². The normalized spacial score (nSPS) is 33.9. The van der Waals surface area contributed by atoms with Gasteiger partial charge >= 0.3 is 6.18 Å². The molecular formula is C14H23F3N2O2. The van der Waals surface area contributed by atoms with E-state index >= 15 is 0 Å². The summed E-state index contributed by atoms with van der Waals surface area (Å²) >= 11 is 0. The quantitative estimate of drug-likeness (QED) is 0.836. The number of nitrogens with one attached hydrogen (secondary N) is 1. The molecule has 0 saturated heterocycles. The van der Waals surface area contributed by atoms with E-state index in [-0.39, 0.29) is 23.9 Å². The van der Waals surface area contributed by atoms with E-state index in [2.05, 4.69) is 5.32 Å². The highest BCUT2D eigenvalue weighted by molar-refractivity contribution is 5.79. The van der Waals surface area contributed by atoms with Crippen LogP contribution in [-0.4, -0.2) is 36.9 Å². The molecule has 4 unspecified atom stereocenters. The number of amides is 1. The fourth-order valence-corrected chi connectivity index (χ4v) is 3.21. The minimum absolute atomic E-state index is 0.00980. The van der Waals surface area contributed by atoms with Crippen molar-refractivity contribution in [3.63, 3.8) is 0 Å². The first-order chi connectivity index (χ1) is 9.83. The second kappa shape index (κ2) is 6.96. The molecule has 2 saturated carbocycles. The molecule has 0 aromatic heterocycles. The van der Waals surface area contributed by atoms with Crippen LogP contribution >= 0.6 is 0 Å². The van der Waals surface area contributed by atoms with Gasteiger partial charge in [0.1, 0.15) is 6.61 Å². The second-order valence-electron chi connectivity index (χ2n) is 6.19. The predicted molar refractivity (Wildman–Crippen MR) is 71.5 cm³/mol. The fourth-order valence-electron chi connectivity index (χ4n) is 3.21. The lowest BCUT2D eigenvalue weighted by atomic mass is 9.92. The van der Waals surface area contributed by atoms with Crippen LogP contribution in [0.5, 0.6) is 0 Å². The molecule has 21 heavy (non-hydrogen) atoms. The summed E-state index contributed by atoms with van der Waals surface area (Å²) in [7, 11) is 0. The summed E-state index contributed by atoms with van der Waals surface area (Å²) in [6, 6.07) is 0.0104. The molecule has 2 aliphatic carbocycles. The maximum atomic E-state index is 12.2. The summed E-state index contributed by atoms with van der Waals surface area (Å²) in [4.78, 5) is 12.1. The van der Waals surface area contributed by atoms with Crippen molar-refractivity contribution in [2.45, 2.75) is 69.3 Å². The Bertz CT molecular complexity index is 363. The molecule has 2 aliphatic rings. The van der Waals surface area contributed by atoms with Crippen LogP contribution in [0.25, 0.3) is 0 Å². The molecule has 0 radical (unpaired) electrons. The fraction of sp³-hybridized carbons (Fsp3) is 0.929. The summed E-state index contributed by atoms with van der Waals surface area (Å²) in [6.07, 6.45) is 0.304. The van der Waals surface area contributed by atoms with Crippen molar-refractivity contribution in [2.24, 2.45) is 11.7 Å². The lowest BCUT2D eigenvalue weighted by Gasteiger charge is -2.30. The van der Waals surface area contributed by atoms with Crippen LogP contribution < -0.4 is 11.1 Å². The summed E-state index contributed by atoms with van der Waals surface area (Å²) in [5.74, 6) is -0.0547. The molecule has 2 fully saturated rings. The highest BCUT2D eigenvalue weighted by Gasteiger charge is 2.33. The zero-order chi connectivity index (χ0) is 15.5. The van der Waals surface area contributed by atoms with Crippen molar-refractivity contribution in [1.82, 2.24) is 5.32 Å². The van der Waals surface area contributed by atoms with Crippen LogP contribution in [0, 0.1) is 5.92 Å². The molecule has 0 aromatic rings. The lowest BCUT2D eigenvalue weighted by molar-refractivity contribution is -0.188. The van der Waals surface area contributed by atoms with Gasteiger partial charge in [-0.25, -0.2) is 0 Å². The van der Waals surface area contributed by atoms with E-state index in [0.29, 0.717) is 19.3 Å². The third-order valence-electron chi connectivity index (χ3n) is 4.30. The Labute approximate surface area is 122 Å². The van der Waals surface area contributed by atoms with E-state index < -0.39 is 18.9 Å². The average molecular weight is 308 g/mol. The molecule has 3 N–H and O–H groups in total. The van der Waals surface area contributed by atoms with E-state index in [4.69, 9.17) is 10.5 Å². The van der Waals surface area contributed by atoms with Crippen LogP contribution in [0.2, 0.25) is 0 Å². The van der Waals surface area contributed by atoms with E-state index in [9.17, 15) is 18.0 Å². The van der Waals surface area contributed by atoms with Crippen LogP contribution in [0.15, 0.2) is 0 Å². The molecule has 4 nitrogen and oxygen atoms in total. The van der Waals surface area contributed by atoms with E-state index in [1.807, 2.05) is 0 Å². The number of nitrogens with two attached hydrogens (primary N) is 1. The van der Waals surface area contributed by atoms with Crippen molar-refractivity contribution in [1.29, 1.82) is 0 Å². The molecule has 0 spiro atoms. The van der Waals surface area contributed by atoms with E-state index in [1.54, 1.807) is 0 Å². The third kappa shape index (κ3) is 5.47. The molecule has 7 heteroatoms. The van der Waals surface area contributed by atoms with Gasteiger partial charge in [0, 0.05) is 18.0 Å². The third-order valence-corrected chi connectivity index (χ3v) is 4.30. The van der Waals surface area contributed by atoms with Gasteiger partial charge in [0.05, 0.1) is 6.10 Å². The first-order valence-electron chi connectivity index (χ1n) is 7.58. The van der Waals surface area contributed by atoms with Crippen LogP contribution in [-0.2, 0) is 9.53 Å². The molecule has 4 atom stereocenters. The molecule has 1 amide bonds. The first kappa shape index (κ1) is 16.5. The van der Waals surface area contributed by atoms with Crippen LogP contribution in [0.4, 0.5) is 13.2 Å². The zero-order valence-corrected chi connectivity index (χ0v) is 12.0. The van der Waals surface area contributed by atoms with E-state index in [0.717, 1.165) is 25.7 Å². The van der Waals surface area contributed by atoms with Gasteiger partial charge in [-0.05, 0) is 44.9 Å². The number of alkyl halides is 3. The van der Waals surface area contributed by atoms with Gasteiger partial charge in [0.25, 0.3) is 0 Å². The summed E-state index contributed by atoms with van der Waals surface area (Å²) in [5.41, 5.74) is 5.79. The van der Waals surface area contributed by atoms with Crippen molar-refractivity contribution >= 4 is 5.91 Å².